The van der Waals surface area contributed by atoms with Gasteiger partial charge < -0.3 is 15.4 Å². The van der Waals surface area contributed by atoms with Crippen LogP contribution in [0, 0.1) is 0 Å². The first-order valence-corrected chi connectivity index (χ1v) is 7.17. The Bertz CT molecular complexity index is 412. The summed E-state index contributed by atoms with van der Waals surface area (Å²) < 4.78 is 5.51. The van der Waals surface area contributed by atoms with Gasteiger partial charge in [-0.05, 0) is 40.2 Å². The van der Waals surface area contributed by atoms with E-state index >= 15 is 0 Å². The second-order valence-electron chi connectivity index (χ2n) is 5.17. The van der Waals surface area contributed by atoms with Gasteiger partial charge in [-0.3, -0.25) is 0 Å². The summed E-state index contributed by atoms with van der Waals surface area (Å²) in [6.07, 6.45) is 1.95. The molecule has 0 amide bonds. The van der Waals surface area contributed by atoms with E-state index in [0.717, 1.165) is 18.1 Å². The zero-order valence-electron chi connectivity index (χ0n) is 13.1. The molecule has 5 nitrogen and oxygen atoms in total. The van der Waals surface area contributed by atoms with Crippen LogP contribution in [0.3, 0.4) is 0 Å². The standard InChI is InChI=1S/C15H26N4O/c1-6-16-15(19-11(2)3)18-10-13-7-8-14(17-9-13)20-12(4)5/h7-9,11-12H,6,10H2,1-5H3,(H2,16,18,19). The van der Waals surface area contributed by atoms with E-state index < -0.39 is 0 Å². The van der Waals surface area contributed by atoms with Crippen LogP contribution in [0.1, 0.15) is 40.2 Å². The molecule has 1 aromatic heterocycles. The van der Waals surface area contributed by atoms with Crippen molar-refractivity contribution >= 4 is 5.96 Å². The molecule has 5 heteroatoms. The quantitative estimate of drug-likeness (QED) is 0.619. The summed E-state index contributed by atoms with van der Waals surface area (Å²) in [5, 5.41) is 6.50. The van der Waals surface area contributed by atoms with Crippen molar-refractivity contribution in [3.63, 3.8) is 0 Å². The Morgan fingerprint density at radius 3 is 2.55 bits per heavy atom. The van der Waals surface area contributed by atoms with E-state index in [1.54, 1.807) is 6.20 Å². The lowest BCUT2D eigenvalue weighted by molar-refractivity contribution is 0.232. The topological polar surface area (TPSA) is 58.5 Å². The highest BCUT2D eigenvalue weighted by Gasteiger charge is 2.01. The second-order valence-corrected chi connectivity index (χ2v) is 5.17. The van der Waals surface area contributed by atoms with Crippen LogP contribution in [-0.2, 0) is 6.54 Å². The summed E-state index contributed by atoms with van der Waals surface area (Å²) in [5.41, 5.74) is 1.06. The molecule has 0 aliphatic carbocycles. The van der Waals surface area contributed by atoms with Crippen molar-refractivity contribution in [1.82, 2.24) is 15.6 Å². The zero-order chi connectivity index (χ0) is 15.0. The van der Waals surface area contributed by atoms with Crippen LogP contribution >= 0.6 is 0 Å². The van der Waals surface area contributed by atoms with Crippen molar-refractivity contribution in [2.24, 2.45) is 4.99 Å². The average Bonchev–Trinajstić information content (AvgIpc) is 2.36. The van der Waals surface area contributed by atoms with Crippen molar-refractivity contribution < 1.29 is 4.74 Å². The van der Waals surface area contributed by atoms with Gasteiger partial charge in [0.1, 0.15) is 0 Å². The lowest BCUT2D eigenvalue weighted by atomic mass is 10.3. The Balaban J connectivity index is 2.61. The monoisotopic (exact) mass is 278 g/mol. The van der Waals surface area contributed by atoms with Crippen molar-refractivity contribution in [1.29, 1.82) is 0 Å². The van der Waals surface area contributed by atoms with E-state index in [0.29, 0.717) is 18.5 Å². The number of nitrogens with zero attached hydrogens (tertiary/aromatic N) is 2. The summed E-state index contributed by atoms with van der Waals surface area (Å²) in [6.45, 7) is 11.6. The molecule has 0 atom stereocenters. The van der Waals surface area contributed by atoms with E-state index in [1.165, 1.54) is 0 Å². The number of rotatable bonds is 6. The summed E-state index contributed by atoms with van der Waals surface area (Å²) in [7, 11) is 0. The molecule has 0 saturated heterocycles. The third kappa shape index (κ3) is 6.41. The minimum Gasteiger partial charge on any atom is -0.475 e. The minimum absolute atomic E-state index is 0.141. The molecule has 0 aromatic carbocycles. The fraction of sp³-hybridized carbons (Fsp3) is 0.600. The maximum atomic E-state index is 5.51. The summed E-state index contributed by atoms with van der Waals surface area (Å²) >= 11 is 0. The Morgan fingerprint density at radius 2 is 2.05 bits per heavy atom. The number of hydrogen-bond donors (Lipinski definition) is 2. The Labute approximate surface area is 121 Å². The van der Waals surface area contributed by atoms with E-state index in [4.69, 9.17) is 4.74 Å². The molecule has 1 heterocycles. The van der Waals surface area contributed by atoms with Gasteiger partial charge in [0.25, 0.3) is 0 Å². The maximum Gasteiger partial charge on any atom is 0.213 e. The van der Waals surface area contributed by atoms with Gasteiger partial charge in [-0.25, -0.2) is 9.98 Å². The summed E-state index contributed by atoms with van der Waals surface area (Å²) in [4.78, 5) is 8.80. The molecule has 0 radical (unpaired) electrons. The Morgan fingerprint density at radius 1 is 1.30 bits per heavy atom. The maximum absolute atomic E-state index is 5.51. The Hall–Kier alpha value is -1.78. The first-order chi connectivity index (χ1) is 9.51. The average molecular weight is 278 g/mol. The van der Waals surface area contributed by atoms with E-state index in [2.05, 4.69) is 41.4 Å². The van der Waals surface area contributed by atoms with Crippen LogP contribution in [0.2, 0.25) is 0 Å². The molecular weight excluding hydrogens is 252 g/mol. The molecule has 112 valence electrons. The SMILES string of the molecule is CCNC(=NCc1ccc(OC(C)C)nc1)NC(C)C. The number of nitrogens with one attached hydrogen (secondary N) is 2. The predicted octanol–water partition coefficient (Wildman–Crippen LogP) is 2.33. The molecular formula is C15H26N4O. The highest BCUT2D eigenvalue weighted by molar-refractivity contribution is 5.79. The largest absolute Gasteiger partial charge is 0.475 e. The molecule has 0 unspecified atom stereocenters. The molecule has 0 spiro atoms. The smallest absolute Gasteiger partial charge is 0.213 e. The number of guanidine groups is 1. The molecule has 2 N–H and O–H groups in total. The molecule has 0 aliphatic rings. The fourth-order valence-corrected chi connectivity index (χ4v) is 1.58. The van der Waals surface area contributed by atoms with Gasteiger partial charge in [0.15, 0.2) is 5.96 Å². The van der Waals surface area contributed by atoms with Crippen molar-refractivity contribution in [2.75, 3.05) is 6.54 Å². The van der Waals surface area contributed by atoms with E-state index in [1.807, 2.05) is 26.0 Å². The number of hydrogen-bond acceptors (Lipinski definition) is 3. The van der Waals surface area contributed by atoms with Gasteiger partial charge in [-0.15, -0.1) is 0 Å². The normalized spacial score (nSPS) is 11.8. The van der Waals surface area contributed by atoms with Crippen LogP contribution in [0.15, 0.2) is 23.3 Å². The molecule has 0 bridgehead atoms. The Kier molecular flexibility index (Phi) is 6.84. The lowest BCUT2D eigenvalue weighted by Gasteiger charge is -2.14. The van der Waals surface area contributed by atoms with Crippen LogP contribution < -0.4 is 15.4 Å². The number of ether oxygens (including phenoxy) is 1. The fourth-order valence-electron chi connectivity index (χ4n) is 1.58. The van der Waals surface area contributed by atoms with Crippen molar-refractivity contribution in [2.45, 2.75) is 53.3 Å². The molecule has 1 rings (SSSR count). The lowest BCUT2D eigenvalue weighted by Crippen LogP contribution is -2.40. The molecule has 1 aromatic rings. The van der Waals surface area contributed by atoms with Crippen molar-refractivity contribution in [3.8, 4) is 5.88 Å². The third-order valence-electron chi connectivity index (χ3n) is 2.34. The van der Waals surface area contributed by atoms with E-state index in [9.17, 15) is 0 Å². The second kappa shape index (κ2) is 8.40. The van der Waals surface area contributed by atoms with Gasteiger partial charge in [0, 0.05) is 24.8 Å². The molecule has 0 fully saturated rings. The highest BCUT2D eigenvalue weighted by Crippen LogP contribution is 2.10. The van der Waals surface area contributed by atoms with Gasteiger partial charge in [-0.1, -0.05) is 6.07 Å². The summed E-state index contributed by atoms with van der Waals surface area (Å²) in [5.74, 6) is 1.48. The summed E-state index contributed by atoms with van der Waals surface area (Å²) in [6, 6.07) is 4.23. The first kappa shape index (κ1) is 16.3. The number of aliphatic imine (C=N–C) groups is 1. The van der Waals surface area contributed by atoms with Crippen LogP contribution in [0.4, 0.5) is 0 Å². The van der Waals surface area contributed by atoms with Gasteiger partial charge in [0.2, 0.25) is 5.88 Å². The molecule has 20 heavy (non-hydrogen) atoms. The molecule has 0 saturated carbocycles. The zero-order valence-corrected chi connectivity index (χ0v) is 13.1. The minimum atomic E-state index is 0.141. The van der Waals surface area contributed by atoms with Gasteiger partial charge in [-0.2, -0.15) is 0 Å². The van der Waals surface area contributed by atoms with Gasteiger partial charge in [0.05, 0.1) is 12.6 Å². The van der Waals surface area contributed by atoms with Crippen LogP contribution in [0.25, 0.3) is 0 Å². The highest BCUT2D eigenvalue weighted by atomic mass is 16.5. The van der Waals surface area contributed by atoms with E-state index in [-0.39, 0.29) is 6.10 Å². The first-order valence-electron chi connectivity index (χ1n) is 7.17. The number of aromatic nitrogens is 1. The third-order valence-corrected chi connectivity index (χ3v) is 2.34. The molecule has 0 aliphatic heterocycles. The number of pyridine rings is 1. The van der Waals surface area contributed by atoms with Crippen LogP contribution in [0.5, 0.6) is 5.88 Å². The van der Waals surface area contributed by atoms with Gasteiger partial charge >= 0.3 is 0 Å². The van der Waals surface area contributed by atoms with Crippen molar-refractivity contribution in [3.05, 3.63) is 23.9 Å². The predicted molar refractivity (Wildman–Crippen MR) is 83.1 cm³/mol. The van der Waals surface area contributed by atoms with Crippen LogP contribution in [-0.4, -0.2) is 29.6 Å².